The van der Waals surface area contributed by atoms with Gasteiger partial charge >= 0.3 is 0 Å². The Morgan fingerprint density at radius 2 is 2.21 bits per heavy atom. The molecule has 0 radical (unpaired) electrons. The van der Waals surface area contributed by atoms with Crippen molar-refractivity contribution in [1.29, 1.82) is 0 Å². The molecule has 2 N–H and O–H groups in total. The summed E-state index contributed by atoms with van der Waals surface area (Å²) in [5.74, 6) is 0.731. The van der Waals surface area contributed by atoms with Gasteiger partial charge in [-0.15, -0.1) is 0 Å². The van der Waals surface area contributed by atoms with Crippen LogP contribution in [-0.4, -0.2) is 14.5 Å². The van der Waals surface area contributed by atoms with E-state index in [1.807, 2.05) is 26.0 Å². The predicted molar refractivity (Wildman–Crippen MR) is 93.3 cm³/mol. The van der Waals surface area contributed by atoms with Gasteiger partial charge in [0.05, 0.1) is 6.26 Å². The van der Waals surface area contributed by atoms with Gasteiger partial charge in [-0.2, -0.15) is 0 Å². The van der Waals surface area contributed by atoms with E-state index in [0.717, 1.165) is 11.1 Å². The monoisotopic (exact) mass is 322 g/mol. The molecule has 0 aliphatic carbocycles. The molecule has 0 aliphatic heterocycles. The molecule has 0 fully saturated rings. The number of allylic oxidation sites excluding steroid dienone is 2. The Hall–Kier alpha value is -3.15. The first kappa shape index (κ1) is 15.7. The number of rotatable bonds is 4. The second-order valence-electron chi connectivity index (χ2n) is 5.66. The summed E-state index contributed by atoms with van der Waals surface area (Å²) in [6.45, 7) is 4.55. The molecular formula is C18H18N4O2. The van der Waals surface area contributed by atoms with Gasteiger partial charge in [-0.05, 0) is 37.6 Å². The van der Waals surface area contributed by atoms with Crippen LogP contribution in [0.5, 0.6) is 0 Å². The molecule has 0 saturated heterocycles. The highest BCUT2D eigenvalue weighted by Crippen LogP contribution is 2.29. The fourth-order valence-electron chi connectivity index (χ4n) is 2.31. The fraction of sp³-hybridized carbons (Fsp3) is 0.167. The average Bonchev–Trinajstić information content (AvgIpc) is 3.08. The lowest BCUT2D eigenvalue weighted by atomic mass is 10.1. The van der Waals surface area contributed by atoms with Gasteiger partial charge < -0.3 is 14.7 Å². The van der Waals surface area contributed by atoms with Crippen molar-refractivity contribution in [2.45, 2.75) is 20.4 Å². The maximum absolute atomic E-state index is 12.3. The molecule has 6 nitrogen and oxygen atoms in total. The predicted octanol–water partition coefficient (Wildman–Crippen LogP) is 3.11. The number of nitrogens with zero attached hydrogens (tertiary/aromatic N) is 3. The zero-order valence-electron chi connectivity index (χ0n) is 13.6. The summed E-state index contributed by atoms with van der Waals surface area (Å²) in [6, 6.07) is 7.00. The minimum absolute atomic E-state index is 0.0905. The van der Waals surface area contributed by atoms with E-state index in [2.05, 4.69) is 9.97 Å². The molecule has 3 rings (SSSR count). The molecule has 24 heavy (non-hydrogen) atoms. The summed E-state index contributed by atoms with van der Waals surface area (Å²) in [4.78, 5) is 20.6. The van der Waals surface area contributed by atoms with Gasteiger partial charge in [-0.3, -0.25) is 4.79 Å². The summed E-state index contributed by atoms with van der Waals surface area (Å²) in [5.41, 5.74) is 8.76. The van der Waals surface area contributed by atoms with Gasteiger partial charge in [-0.25, -0.2) is 9.97 Å². The highest BCUT2D eigenvalue weighted by atomic mass is 16.3. The summed E-state index contributed by atoms with van der Waals surface area (Å²) in [6.07, 6.45) is 6.94. The van der Waals surface area contributed by atoms with E-state index in [9.17, 15) is 4.79 Å². The van der Waals surface area contributed by atoms with Crippen molar-refractivity contribution in [3.8, 4) is 22.6 Å². The van der Waals surface area contributed by atoms with Gasteiger partial charge in [0.1, 0.15) is 5.69 Å². The van der Waals surface area contributed by atoms with Crippen LogP contribution in [0.15, 0.2) is 63.8 Å². The largest absolute Gasteiger partial charge is 0.463 e. The molecule has 0 aromatic carbocycles. The Kier molecular flexibility index (Phi) is 4.29. The number of pyridine rings is 1. The smallest absolute Gasteiger partial charge is 0.251 e. The summed E-state index contributed by atoms with van der Waals surface area (Å²) >= 11 is 0. The van der Waals surface area contributed by atoms with E-state index < -0.39 is 0 Å². The third-order valence-corrected chi connectivity index (χ3v) is 3.57. The van der Waals surface area contributed by atoms with Crippen LogP contribution >= 0.6 is 0 Å². The Morgan fingerprint density at radius 3 is 2.88 bits per heavy atom. The first-order valence-electron chi connectivity index (χ1n) is 7.55. The fourth-order valence-corrected chi connectivity index (χ4v) is 2.31. The van der Waals surface area contributed by atoms with Crippen molar-refractivity contribution in [1.82, 2.24) is 14.5 Å². The van der Waals surface area contributed by atoms with E-state index in [-0.39, 0.29) is 11.5 Å². The number of hydrogen-bond acceptors (Lipinski definition) is 5. The van der Waals surface area contributed by atoms with Gasteiger partial charge in [0.25, 0.3) is 5.56 Å². The third kappa shape index (κ3) is 3.27. The van der Waals surface area contributed by atoms with Crippen LogP contribution in [0.4, 0.5) is 5.95 Å². The molecule has 6 heteroatoms. The number of hydrogen-bond donors (Lipinski definition) is 1. The Bertz CT molecular complexity index is 936. The Morgan fingerprint density at radius 1 is 1.38 bits per heavy atom. The molecule has 122 valence electrons. The standard InChI is InChI=1S/C18H18N4O2/c1-12(2)5-7-22-8-6-13(10-16(22)23)14-11-20-18(19)21-17(14)15-4-3-9-24-15/h3-6,8-11H,7H2,1-2H3,(H2,19,20,21). The average molecular weight is 322 g/mol. The molecule has 0 atom stereocenters. The lowest BCUT2D eigenvalue weighted by molar-refractivity contribution is 0.580. The molecule has 0 aliphatic rings. The molecule has 0 saturated carbocycles. The summed E-state index contributed by atoms with van der Waals surface area (Å²) in [5, 5.41) is 0. The molecule has 0 unspecified atom stereocenters. The number of nitrogens with two attached hydrogens (primary N) is 1. The topological polar surface area (TPSA) is 86.9 Å². The van der Waals surface area contributed by atoms with E-state index in [0.29, 0.717) is 23.6 Å². The van der Waals surface area contributed by atoms with Crippen molar-refractivity contribution in [3.63, 3.8) is 0 Å². The van der Waals surface area contributed by atoms with E-state index in [1.165, 1.54) is 0 Å². The van der Waals surface area contributed by atoms with Crippen LogP contribution in [0.1, 0.15) is 13.8 Å². The van der Waals surface area contributed by atoms with E-state index in [1.54, 1.807) is 41.4 Å². The van der Waals surface area contributed by atoms with Gasteiger partial charge in [0.15, 0.2) is 5.76 Å². The highest BCUT2D eigenvalue weighted by Gasteiger charge is 2.13. The van der Waals surface area contributed by atoms with E-state index in [4.69, 9.17) is 10.2 Å². The second kappa shape index (κ2) is 6.54. The molecule has 0 bridgehead atoms. The second-order valence-corrected chi connectivity index (χ2v) is 5.66. The van der Waals surface area contributed by atoms with Crippen molar-refractivity contribution in [3.05, 3.63) is 64.9 Å². The lowest BCUT2D eigenvalue weighted by Crippen LogP contribution is -2.18. The minimum Gasteiger partial charge on any atom is -0.463 e. The SMILES string of the molecule is CC(C)=CCn1ccc(-c2cnc(N)nc2-c2ccco2)cc1=O. The van der Waals surface area contributed by atoms with Crippen molar-refractivity contribution < 1.29 is 4.42 Å². The van der Waals surface area contributed by atoms with Crippen LogP contribution in [0.25, 0.3) is 22.6 Å². The first-order valence-corrected chi connectivity index (χ1v) is 7.55. The van der Waals surface area contributed by atoms with Gasteiger partial charge in [0, 0.05) is 30.6 Å². The Balaban J connectivity index is 2.06. The maximum Gasteiger partial charge on any atom is 0.251 e. The third-order valence-electron chi connectivity index (χ3n) is 3.57. The molecule has 0 spiro atoms. The van der Waals surface area contributed by atoms with Crippen molar-refractivity contribution in [2.75, 3.05) is 5.73 Å². The number of aromatic nitrogens is 3. The van der Waals surface area contributed by atoms with Crippen molar-refractivity contribution in [2.24, 2.45) is 0 Å². The van der Waals surface area contributed by atoms with Crippen LogP contribution in [-0.2, 0) is 6.54 Å². The number of anilines is 1. The van der Waals surface area contributed by atoms with Crippen molar-refractivity contribution >= 4 is 5.95 Å². The number of furan rings is 1. The first-order chi connectivity index (χ1) is 11.5. The summed E-state index contributed by atoms with van der Waals surface area (Å²) < 4.78 is 7.06. The molecule has 3 aromatic rings. The van der Waals surface area contributed by atoms with Crippen LogP contribution < -0.4 is 11.3 Å². The lowest BCUT2D eigenvalue weighted by Gasteiger charge is -2.09. The van der Waals surface area contributed by atoms with Crippen LogP contribution in [0.2, 0.25) is 0 Å². The normalized spacial score (nSPS) is 10.6. The quantitative estimate of drug-likeness (QED) is 0.746. The molecule has 0 amide bonds. The highest BCUT2D eigenvalue weighted by molar-refractivity contribution is 5.78. The molecular weight excluding hydrogens is 304 g/mol. The zero-order chi connectivity index (χ0) is 17.1. The summed E-state index contributed by atoms with van der Waals surface area (Å²) in [7, 11) is 0. The van der Waals surface area contributed by atoms with Crippen LogP contribution in [0.3, 0.4) is 0 Å². The van der Waals surface area contributed by atoms with Crippen LogP contribution in [0, 0.1) is 0 Å². The minimum atomic E-state index is -0.0905. The zero-order valence-corrected chi connectivity index (χ0v) is 13.6. The molecule has 3 aromatic heterocycles. The Labute approximate surface area is 139 Å². The maximum atomic E-state index is 12.3. The van der Waals surface area contributed by atoms with E-state index >= 15 is 0 Å². The van der Waals surface area contributed by atoms with Gasteiger partial charge in [0.2, 0.25) is 5.95 Å². The number of nitrogen functional groups attached to an aromatic ring is 1. The molecule has 3 heterocycles. The van der Waals surface area contributed by atoms with Gasteiger partial charge in [-0.1, -0.05) is 11.6 Å².